The highest BCUT2D eigenvalue weighted by Crippen LogP contribution is 2.39. The van der Waals surface area contributed by atoms with E-state index in [4.69, 9.17) is 0 Å². The fourth-order valence-electron chi connectivity index (χ4n) is 4.01. The van der Waals surface area contributed by atoms with Crippen LogP contribution in [0.4, 0.5) is 21.6 Å². The van der Waals surface area contributed by atoms with Crippen molar-refractivity contribution >= 4 is 44.1 Å². The third-order valence-corrected chi connectivity index (χ3v) is 7.26. The topological polar surface area (TPSA) is 117 Å². The predicted octanol–water partition coefficient (Wildman–Crippen LogP) is 3.98. The van der Waals surface area contributed by atoms with Gasteiger partial charge in [-0.3, -0.25) is 4.79 Å². The van der Waals surface area contributed by atoms with Crippen molar-refractivity contribution in [1.29, 1.82) is 0 Å². The molecule has 0 unspecified atom stereocenters. The molecular formula is C22H24FN5O3S. The maximum Gasteiger partial charge on any atom is 0.231 e. The third-order valence-electron chi connectivity index (χ3n) is 6.12. The van der Waals surface area contributed by atoms with Crippen molar-refractivity contribution in [2.75, 3.05) is 16.9 Å². The minimum atomic E-state index is -3.50. The summed E-state index contributed by atoms with van der Waals surface area (Å²) in [6.07, 6.45) is 3.58. The molecule has 168 valence electrons. The van der Waals surface area contributed by atoms with Crippen molar-refractivity contribution in [3.8, 4) is 0 Å². The van der Waals surface area contributed by atoms with Crippen LogP contribution in [-0.2, 0) is 14.6 Å². The zero-order chi connectivity index (χ0) is 22.6. The normalized spacial score (nSPS) is 20.7. The molecule has 2 aromatic heterocycles. The van der Waals surface area contributed by atoms with Gasteiger partial charge >= 0.3 is 0 Å². The molecule has 3 aromatic rings. The summed E-state index contributed by atoms with van der Waals surface area (Å²) in [5.74, 6) is 0.180. The van der Waals surface area contributed by atoms with Gasteiger partial charge in [-0.25, -0.2) is 22.8 Å². The molecule has 2 saturated carbocycles. The summed E-state index contributed by atoms with van der Waals surface area (Å²) in [6, 6.07) is 7.05. The number of aryl methyl sites for hydroxylation is 1. The van der Waals surface area contributed by atoms with E-state index >= 15 is 0 Å². The van der Waals surface area contributed by atoms with Crippen LogP contribution in [0.25, 0.3) is 11.2 Å². The number of rotatable bonds is 6. The number of carbonyl (C=O) groups excluding carboxylic acids is 1. The number of fused-ring (bicyclic) bond motifs is 1. The van der Waals surface area contributed by atoms with Gasteiger partial charge in [-0.05, 0) is 49.8 Å². The van der Waals surface area contributed by atoms with Crippen molar-refractivity contribution in [2.45, 2.75) is 49.6 Å². The Morgan fingerprint density at radius 1 is 1.19 bits per heavy atom. The van der Waals surface area contributed by atoms with Gasteiger partial charge in [0.15, 0.2) is 15.5 Å². The number of aromatic nitrogens is 3. The second kappa shape index (κ2) is 7.54. The monoisotopic (exact) mass is 457 g/mol. The van der Waals surface area contributed by atoms with Crippen molar-refractivity contribution in [2.24, 2.45) is 5.92 Å². The van der Waals surface area contributed by atoms with Crippen molar-refractivity contribution in [3.05, 3.63) is 35.7 Å². The highest BCUT2D eigenvalue weighted by atomic mass is 32.2. The molecule has 3 N–H and O–H groups in total. The molecular weight excluding hydrogens is 433 g/mol. The number of alkyl halides is 1. The summed E-state index contributed by atoms with van der Waals surface area (Å²) in [5, 5.41) is 5.83. The van der Waals surface area contributed by atoms with Gasteiger partial charge in [0.25, 0.3) is 0 Å². The van der Waals surface area contributed by atoms with E-state index in [0.29, 0.717) is 34.3 Å². The van der Waals surface area contributed by atoms with Crippen LogP contribution in [0.2, 0.25) is 0 Å². The Kier molecular flexibility index (Phi) is 4.92. The van der Waals surface area contributed by atoms with Crippen LogP contribution < -0.4 is 10.6 Å². The number of hydrogen-bond donors (Lipinski definition) is 3. The number of pyridine rings is 1. The number of hydrogen-bond acceptors (Lipinski definition) is 6. The van der Waals surface area contributed by atoms with E-state index < -0.39 is 27.8 Å². The van der Waals surface area contributed by atoms with Crippen molar-refractivity contribution in [3.63, 3.8) is 0 Å². The van der Waals surface area contributed by atoms with E-state index in [1.54, 1.807) is 25.1 Å². The maximum atomic E-state index is 13.3. The lowest BCUT2D eigenvalue weighted by Crippen LogP contribution is -2.16. The fourth-order valence-corrected chi connectivity index (χ4v) is 4.88. The molecule has 5 rings (SSSR count). The number of aromatic amines is 1. The molecule has 1 amide bonds. The lowest BCUT2D eigenvalue weighted by atomic mass is 9.80. The van der Waals surface area contributed by atoms with E-state index in [-0.39, 0.29) is 17.1 Å². The molecule has 0 radical (unpaired) electrons. The zero-order valence-corrected chi connectivity index (χ0v) is 18.6. The highest BCUT2D eigenvalue weighted by Gasteiger charge is 2.43. The first-order valence-corrected chi connectivity index (χ1v) is 12.5. The number of nitrogens with one attached hydrogen (secondary N) is 3. The molecule has 8 nitrogen and oxygen atoms in total. The lowest BCUT2D eigenvalue weighted by molar-refractivity contribution is -0.117. The number of H-pyrrole nitrogens is 1. The average molecular weight is 458 g/mol. The van der Waals surface area contributed by atoms with Crippen LogP contribution >= 0.6 is 0 Å². The Morgan fingerprint density at radius 3 is 2.56 bits per heavy atom. The van der Waals surface area contributed by atoms with Crippen LogP contribution in [0.3, 0.4) is 0 Å². The molecule has 0 aliphatic heterocycles. The van der Waals surface area contributed by atoms with E-state index in [1.165, 1.54) is 6.26 Å². The van der Waals surface area contributed by atoms with E-state index in [2.05, 4.69) is 25.6 Å². The summed E-state index contributed by atoms with van der Waals surface area (Å²) in [7, 11) is -3.50. The van der Waals surface area contributed by atoms with Gasteiger partial charge < -0.3 is 15.6 Å². The molecule has 32 heavy (non-hydrogen) atoms. The number of benzene rings is 1. The second-order valence-electron chi connectivity index (χ2n) is 8.70. The summed E-state index contributed by atoms with van der Waals surface area (Å²) < 4.78 is 38.4. The minimum absolute atomic E-state index is 0.211. The van der Waals surface area contributed by atoms with Gasteiger partial charge in [-0.1, -0.05) is 12.5 Å². The van der Waals surface area contributed by atoms with E-state index in [9.17, 15) is 17.6 Å². The number of amides is 1. The summed E-state index contributed by atoms with van der Waals surface area (Å²) in [4.78, 5) is 24.3. The smallest absolute Gasteiger partial charge is 0.231 e. The van der Waals surface area contributed by atoms with Gasteiger partial charge in [0, 0.05) is 12.3 Å². The maximum absolute atomic E-state index is 13.3. The van der Waals surface area contributed by atoms with Crippen LogP contribution in [0.15, 0.2) is 29.2 Å². The largest absolute Gasteiger partial charge is 0.352 e. The van der Waals surface area contributed by atoms with Crippen molar-refractivity contribution in [1.82, 2.24) is 15.0 Å². The first-order chi connectivity index (χ1) is 15.2. The van der Waals surface area contributed by atoms with Gasteiger partial charge in [0.05, 0.1) is 22.2 Å². The number of anilines is 3. The zero-order valence-electron chi connectivity index (χ0n) is 17.8. The first-order valence-electron chi connectivity index (χ1n) is 10.6. The molecule has 2 atom stereocenters. The van der Waals surface area contributed by atoms with Gasteiger partial charge in [0.1, 0.15) is 23.3 Å². The molecule has 0 spiro atoms. The predicted molar refractivity (Wildman–Crippen MR) is 120 cm³/mol. The molecule has 2 heterocycles. The molecule has 1 aromatic carbocycles. The molecule has 2 aliphatic carbocycles. The Labute approximate surface area is 185 Å². The number of halogens is 1. The van der Waals surface area contributed by atoms with Crippen LogP contribution in [0.5, 0.6) is 0 Å². The third kappa shape index (κ3) is 3.94. The second-order valence-corrected chi connectivity index (χ2v) is 10.7. The average Bonchev–Trinajstić information content (AvgIpc) is 3.28. The quantitative estimate of drug-likeness (QED) is 0.516. The van der Waals surface area contributed by atoms with Crippen LogP contribution in [0, 0.1) is 12.8 Å². The highest BCUT2D eigenvalue weighted by molar-refractivity contribution is 7.90. The molecule has 0 saturated heterocycles. The summed E-state index contributed by atoms with van der Waals surface area (Å²) >= 11 is 0. The van der Waals surface area contributed by atoms with E-state index in [1.807, 2.05) is 6.07 Å². The molecule has 2 aliphatic rings. The Balaban J connectivity index is 1.53. The van der Waals surface area contributed by atoms with Gasteiger partial charge in [0.2, 0.25) is 5.91 Å². The Bertz CT molecular complexity index is 1330. The SMILES string of the molecule is Cc1nc2c(Nc3ccc(C4CCC4)cc3S(C)(=O)=O)cc(NC(=O)[C@@H]3C[C@@H]3F)nc2[nH]1. The number of sulfone groups is 1. The number of imidazole rings is 1. The van der Waals surface area contributed by atoms with Gasteiger partial charge in [-0.2, -0.15) is 0 Å². The fraction of sp³-hybridized carbons (Fsp3) is 0.409. The standard InChI is InChI=1S/C22H24FN5O3S/c1-11-24-20-17(10-19(27-21(20)25-11)28-22(29)14-9-15(14)23)26-16-7-6-13(12-4-3-5-12)8-18(16)32(2,30)31/h6-8,10,12,14-15H,3-5,9H2,1-2H3,(H3,24,25,26,27,28,29)/t14-,15+/m1/s1. The lowest BCUT2D eigenvalue weighted by Gasteiger charge is -2.26. The number of nitrogens with zero attached hydrogens (tertiary/aromatic N) is 2. The molecule has 0 bridgehead atoms. The summed E-state index contributed by atoms with van der Waals surface area (Å²) in [6.45, 7) is 1.77. The Hall–Kier alpha value is -3.01. The molecule has 2 fully saturated rings. The van der Waals surface area contributed by atoms with Gasteiger partial charge in [-0.15, -0.1) is 0 Å². The number of carbonyl (C=O) groups is 1. The van der Waals surface area contributed by atoms with Crippen molar-refractivity contribution < 1.29 is 17.6 Å². The molecule has 10 heteroatoms. The van der Waals surface area contributed by atoms with Crippen LogP contribution in [-0.4, -0.2) is 41.7 Å². The van der Waals surface area contributed by atoms with Crippen LogP contribution in [0.1, 0.15) is 43.0 Å². The Morgan fingerprint density at radius 2 is 1.94 bits per heavy atom. The van der Waals surface area contributed by atoms with E-state index in [0.717, 1.165) is 24.8 Å². The minimum Gasteiger partial charge on any atom is -0.352 e. The first kappa shape index (κ1) is 20.9. The summed E-state index contributed by atoms with van der Waals surface area (Å²) in [5.41, 5.74) is 2.88.